The Morgan fingerprint density at radius 2 is 2.04 bits per heavy atom. The van der Waals surface area contributed by atoms with E-state index in [2.05, 4.69) is 20.9 Å². The van der Waals surface area contributed by atoms with E-state index in [9.17, 15) is 9.59 Å². The van der Waals surface area contributed by atoms with Gasteiger partial charge in [-0.15, -0.1) is 0 Å². The van der Waals surface area contributed by atoms with Gasteiger partial charge in [-0.1, -0.05) is 46.3 Å². The van der Waals surface area contributed by atoms with E-state index in [0.717, 1.165) is 39.1 Å². The van der Waals surface area contributed by atoms with Gasteiger partial charge in [0.1, 0.15) is 22.4 Å². The normalized spacial score (nSPS) is 14.9. The number of carbonyl (C=O) groups excluding carboxylic acids is 2. The lowest BCUT2D eigenvalue weighted by Crippen LogP contribution is -1.98. The molecule has 0 saturated heterocycles. The molecule has 0 saturated carbocycles. The lowest BCUT2D eigenvalue weighted by Gasteiger charge is -2.10. The second kappa shape index (κ2) is 9.95. The van der Waals surface area contributed by atoms with Crippen molar-refractivity contribution in [1.82, 2.24) is 0 Å². The van der Waals surface area contributed by atoms with Crippen LogP contribution in [-0.2, 0) is 16.1 Å². The second-order valence-corrected chi connectivity index (χ2v) is 8.60. The zero-order chi connectivity index (χ0) is 19.9. The molecule has 1 aliphatic heterocycles. The van der Waals surface area contributed by atoms with Crippen molar-refractivity contribution in [3.63, 3.8) is 0 Å². The van der Waals surface area contributed by atoms with Gasteiger partial charge in [0, 0.05) is 21.8 Å². The summed E-state index contributed by atoms with van der Waals surface area (Å²) in [5.41, 5.74) is 2.03. The summed E-state index contributed by atoms with van der Waals surface area (Å²) in [7, 11) is 0. The fraction of sp³-hybridized carbons (Fsp3) is 0.150. The van der Waals surface area contributed by atoms with Crippen LogP contribution in [0.4, 0.5) is 4.79 Å². The number of aliphatic imine (C=N–C) groups is 1. The number of hydrogen-bond donors (Lipinski definition) is 0. The van der Waals surface area contributed by atoms with E-state index in [0.29, 0.717) is 16.7 Å². The lowest BCUT2D eigenvalue weighted by atomic mass is 10.1. The van der Waals surface area contributed by atoms with E-state index in [4.69, 9.17) is 9.47 Å². The smallest absolute Gasteiger partial charge is 0.374 e. The fourth-order valence-electron chi connectivity index (χ4n) is 2.30. The van der Waals surface area contributed by atoms with Crippen LogP contribution in [0, 0.1) is 0 Å². The van der Waals surface area contributed by atoms with E-state index in [1.165, 1.54) is 0 Å². The molecule has 2 aromatic rings. The van der Waals surface area contributed by atoms with Crippen LogP contribution in [0.5, 0.6) is 5.75 Å². The summed E-state index contributed by atoms with van der Waals surface area (Å²) < 4.78 is 12.0. The molecular formula is C20H16BrNO4S2. The van der Waals surface area contributed by atoms with Gasteiger partial charge in [-0.3, -0.25) is 4.79 Å². The van der Waals surface area contributed by atoms with E-state index in [-0.39, 0.29) is 17.4 Å². The van der Waals surface area contributed by atoms with Crippen LogP contribution in [0.2, 0.25) is 0 Å². The topological polar surface area (TPSA) is 65.0 Å². The highest BCUT2D eigenvalue weighted by Crippen LogP contribution is 2.34. The molecule has 0 bridgehead atoms. The van der Waals surface area contributed by atoms with Gasteiger partial charge in [0.25, 0.3) is 0 Å². The zero-order valence-corrected chi connectivity index (χ0v) is 18.1. The molecule has 8 heteroatoms. The lowest BCUT2D eigenvalue weighted by molar-refractivity contribution is -0.107. The highest BCUT2D eigenvalue weighted by Gasteiger charge is 2.25. The first-order valence-corrected chi connectivity index (χ1v) is 10.8. The van der Waals surface area contributed by atoms with Crippen molar-refractivity contribution < 1.29 is 19.1 Å². The number of rotatable bonds is 5. The van der Waals surface area contributed by atoms with Gasteiger partial charge in [-0.05, 0) is 48.5 Å². The third kappa shape index (κ3) is 5.73. The van der Waals surface area contributed by atoms with Crippen LogP contribution in [0.25, 0.3) is 6.08 Å². The van der Waals surface area contributed by atoms with E-state index in [1.807, 2.05) is 48.5 Å². The Labute approximate surface area is 179 Å². The number of benzene rings is 2. The minimum Gasteiger partial charge on any atom is -0.488 e. The monoisotopic (exact) mass is 477 g/mol. The van der Waals surface area contributed by atoms with Crippen LogP contribution in [0.15, 0.2) is 63.7 Å². The first-order valence-electron chi connectivity index (χ1n) is 8.38. The highest BCUT2D eigenvalue weighted by atomic mass is 79.9. The number of hydrogen-bond acceptors (Lipinski definition) is 7. The van der Waals surface area contributed by atoms with Crippen LogP contribution < -0.4 is 4.74 Å². The molecule has 28 heavy (non-hydrogen) atoms. The molecule has 1 heterocycles. The van der Waals surface area contributed by atoms with Crippen molar-refractivity contribution >= 4 is 60.3 Å². The molecule has 0 aromatic heterocycles. The molecule has 0 atom stereocenters. The average Bonchev–Trinajstić information content (AvgIpc) is 3.01. The molecule has 3 rings (SSSR count). The predicted molar refractivity (Wildman–Crippen MR) is 118 cm³/mol. The van der Waals surface area contributed by atoms with Crippen LogP contribution in [0.1, 0.15) is 18.1 Å². The number of carbonyl (C=O) groups is 2. The van der Waals surface area contributed by atoms with Gasteiger partial charge >= 0.3 is 5.30 Å². The van der Waals surface area contributed by atoms with Gasteiger partial charge in [-0.2, -0.15) is 0 Å². The van der Waals surface area contributed by atoms with Gasteiger partial charge in [0.05, 0.1) is 6.61 Å². The van der Waals surface area contributed by atoms with E-state index >= 15 is 0 Å². The molecule has 0 N–H and O–H groups in total. The maximum absolute atomic E-state index is 12.3. The van der Waals surface area contributed by atoms with Crippen molar-refractivity contribution in [2.75, 3.05) is 6.61 Å². The molecule has 0 radical (unpaired) electrons. The van der Waals surface area contributed by atoms with E-state index in [1.54, 1.807) is 13.0 Å². The summed E-state index contributed by atoms with van der Waals surface area (Å²) in [6.07, 6.45) is 1.67. The third-order valence-electron chi connectivity index (χ3n) is 3.53. The number of halogens is 1. The summed E-state index contributed by atoms with van der Waals surface area (Å²) in [6, 6.07) is 15.4. The third-order valence-corrected chi connectivity index (χ3v) is 5.74. The van der Waals surface area contributed by atoms with Crippen molar-refractivity contribution in [2.24, 2.45) is 4.99 Å². The molecule has 0 spiro atoms. The minimum absolute atomic E-state index is 0.221. The largest absolute Gasteiger partial charge is 0.488 e. The van der Waals surface area contributed by atoms with Gasteiger partial charge < -0.3 is 9.47 Å². The summed E-state index contributed by atoms with van der Waals surface area (Å²) in [6.45, 7) is 2.41. The van der Waals surface area contributed by atoms with Gasteiger partial charge in [0.15, 0.2) is 0 Å². The molecule has 144 valence electrons. The standard InChI is InChI=1S/C20H16BrNO4S2/c1-2-25-20(24)28-19-22-16(18(23)27-19)11-14-10-15(21)8-9-17(14)26-12-13-6-4-3-5-7-13/h3-11H,2,12H2,1H3/b16-11-. The number of ether oxygens (including phenoxy) is 2. The van der Waals surface area contributed by atoms with Gasteiger partial charge in [-0.25, -0.2) is 9.79 Å². The van der Waals surface area contributed by atoms with Crippen LogP contribution in [0.3, 0.4) is 0 Å². The Morgan fingerprint density at radius 1 is 1.25 bits per heavy atom. The molecule has 2 aromatic carbocycles. The van der Waals surface area contributed by atoms with Crippen molar-refractivity contribution in [3.05, 3.63) is 69.8 Å². The van der Waals surface area contributed by atoms with Crippen molar-refractivity contribution in [1.29, 1.82) is 0 Å². The molecule has 5 nitrogen and oxygen atoms in total. The minimum atomic E-state index is -0.475. The molecule has 0 unspecified atom stereocenters. The Kier molecular flexibility index (Phi) is 7.36. The van der Waals surface area contributed by atoms with Crippen molar-refractivity contribution in [3.8, 4) is 5.75 Å². The Bertz CT molecular complexity index is 944. The number of nitrogens with zero attached hydrogens (tertiary/aromatic N) is 1. The first-order chi connectivity index (χ1) is 13.5. The highest BCUT2D eigenvalue weighted by molar-refractivity contribution is 9.10. The summed E-state index contributed by atoms with van der Waals surface area (Å²) in [4.78, 5) is 28.1. The summed E-state index contributed by atoms with van der Waals surface area (Å²) in [5, 5.41) is -0.696. The first kappa shape index (κ1) is 20.7. The molecule has 0 aliphatic carbocycles. The molecular weight excluding hydrogens is 462 g/mol. The fourth-order valence-corrected chi connectivity index (χ4v) is 4.25. The van der Waals surface area contributed by atoms with Crippen LogP contribution >= 0.6 is 39.5 Å². The average molecular weight is 478 g/mol. The Balaban J connectivity index is 1.80. The van der Waals surface area contributed by atoms with E-state index < -0.39 is 5.30 Å². The SMILES string of the molecule is CCOC(=O)SC1=N/C(=C\c2cc(Br)ccc2OCc2ccccc2)C(=O)S1. The summed E-state index contributed by atoms with van der Waals surface area (Å²) >= 11 is 5.18. The quantitative estimate of drug-likeness (QED) is 0.395. The Morgan fingerprint density at radius 3 is 2.79 bits per heavy atom. The Hall–Kier alpha value is -2.03. The predicted octanol–water partition coefficient (Wildman–Crippen LogP) is 5.89. The van der Waals surface area contributed by atoms with Gasteiger partial charge in [0.2, 0.25) is 5.12 Å². The maximum Gasteiger partial charge on any atom is 0.374 e. The van der Waals surface area contributed by atoms with Crippen molar-refractivity contribution in [2.45, 2.75) is 13.5 Å². The number of thioether (sulfide) groups is 2. The summed E-state index contributed by atoms with van der Waals surface area (Å²) in [5.74, 6) is 0.638. The van der Waals surface area contributed by atoms with Crippen LogP contribution in [-0.4, -0.2) is 21.4 Å². The molecule has 1 aliphatic rings. The second-order valence-electron chi connectivity index (χ2n) is 5.54. The zero-order valence-electron chi connectivity index (χ0n) is 14.9. The molecule has 0 amide bonds. The maximum atomic E-state index is 12.3. The molecule has 0 fully saturated rings.